The van der Waals surface area contributed by atoms with Gasteiger partial charge in [0.05, 0.1) is 32.1 Å². The number of aliphatic hydroxyl groups excluding tert-OH is 2. The van der Waals surface area contributed by atoms with E-state index in [2.05, 4.69) is 10.3 Å². The fourth-order valence-electron chi connectivity index (χ4n) is 1.90. The molecule has 2 N–H and O–H groups in total. The topological polar surface area (TPSA) is 80.4 Å². The summed E-state index contributed by atoms with van der Waals surface area (Å²) in [7, 11) is 1.58. The van der Waals surface area contributed by atoms with Crippen molar-refractivity contribution in [2.75, 3.05) is 7.11 Å². The zero-order valence-electron chi connectivity index (χ0n) is 11.6. The lowest BCUT2D eigenvalue weighted by molar-refractivity contribution is 0.150. The number of aliphatic hydroxyl groups is 2. The van der Waals surface area contributed by atoms with Gasteiger partial charge in [-0.1, -0.05) is 24.3 Å². The molecule has 0 aliphatic rings. The maximum atomic E-state index is 10.2. The maximum Gasteiger partial charge on any atom is 0.119 e. The fourth-order valence-corrected chi connectivity index (χ4v) is 1.90. The Hall–Kier alpha value is -1.92. The number of rotatable bonds is 6. The van der Waals surface area contributed by atoms with Gasteiger partial charge in [-0.25, -0.2) is 4.68 Å². The molecule has 6 nitrogen and oxygen atoms in total. The van der Waals surface area contributed by atoms with Crippen molar-refractivity contribution >= 4 is 0 Å². The van der Waals surface area contributed by atoms with Crippen molar-refractivity contribution < 1.29 is 14.9 Å². The second kappa shape index (κ2) is 6.49. The molecule has 0 aliphatic heterocycles. The first kappa shape index (κ1) is 14.5. The zero-order chi connectivity index (χ0) is 14.5. The number of ether oxygens (including phenoxy) is 1. The van der Waals surface area contributed by atoms with E-state index in [-0.39, 0.29) is 6.54 Å². The Balaban J connectivity index is 2.07. The monoisotopic (exact) mass is 277 g/mol. The largest absolute Gasteiger partial charge is 0.497 e. The molecule has 20 heavy (non-hydrogen) atoms. The third-order valence-electron chi connectivity index (χ3n) is 3.12. The lowest BCUT2D eigenvalue weighted by atomic mass is 10.1. The van der Waals surface area contributed by atoms with E-state index in [0.29, 0.717) is 17.9 Å². The van der Waals surface area contributed by atoms with Gasteiger partial charge < -0.3 is 14.9 Å². The SMILES string of the molecule is CCC(O)c1cn(CC(O)c2cccc(OC)c2)nn1. The maximum absolute atomic E-state index is 10.2. The first-order valence-corrected chi connectivity index (χ1v) is 6.54. The minimum atomic E-state index is -0.710. The lowest BCUT2D eigenvalue weighted by Gasteiger charge is -2.11. The molecule has 6 heteroatoms. The van der Waals surface area contributed by atoms with Gasteiger partial charge in [-0.05, 0) is 24.1 Å². The lowest BCUT2D eigenvalue weighted by Crippen LogP contribution is -2.09. The second-order valence-corrected chi connectivity index (χ2v) is 4.58. The van der Waals surface area contributed by atoms with Gasteiger partial charge in [-0.15, -0.1) is 5.10 Å². The number of nitrogens with zero attached hydrogens (tertiary/aromatic N) is 3. The molecule has 1 aromatic carbocycles. The van der Waals surface area contributed by atoms with Crippen molar-refractivity contribution in [1.82, 2.24) is 15.0 Å². The molecule has 0 radical (unpaired) electrons. The molecule has 0 bridgehead atoms. The highest BCUT2D eigenvalue weighted by Gasteiger charge is 2.13. The summed E-state index contributed by atoms with van der Waals surface area (Å²) >= 11 is 0. The molecule has 1 aromatic heterocycles. The Kier molecular flexibility index (Phi) is 4.70. The van der Waals surface area contributed by atoms with Crippen LogP contribution in [-0.4, -0.2) is 32.3 Å². The quantitative estimate of drug-likeness (QED) is 0.835. The zero-order valence-corrected chi connectivity index (χ0v) is 11.6. The molecule has 0 saturated heterocycles. The van der Waals surface area contributed by atoms with Crippen molar-refractivity contribution in [2.24, 2.45) is 0 Å². The predicted octanol–water partition coefficient (Wildman–Crippen LogP) is 1.46. The Labute approximate surface area is 117 Å². The van der Waals surface area contributed by atoms with E-state index in [0.717, 1.165) is 5.56 Å². The van der Waals surface area contributed by atoms with Crippen molar-refractivity contribution in [3.63, 3.8) is 0 Å². The summed E-state index contributed by atoms with van der Waals surface area (Å²) in [6.07, 6.45) is 0.908. The van der Waals surface area contributed by atoms with Crippen LogP contribution in [0.25, 0.3) is 0 Å². The molecule has 2 atom stereocenters. The standard InChI is InChI=1S/C14H19N3O3/c1-3-13(18)12-8-17(16-15-12)9-14(19)10-5-4-6-11(7-10)20-2/h4-8,13-14,18-19H,3,9H2,1-2H3. The highest BCUT2D eigenvalue weighted by molar-refractivity contribution is 5.29. The summed E-state index contributed by atoms with van der Waals surface area (Å²) in [5.74, 6) is 0.697. The molecule has 0 aliphatic carbocycles. The van der Waals surface area contributed by atoms with E-state index in [4.69, 9.17) is 4.74 Å². The van der Waals surface area contributed by atoms with E-state index in [1.54, 1.807) is 19.4 Å². The van der Waals surface area contributed by atoms with Gasteiger partial charge in [-0.2, -0.15) is 0 Å². The highest BCUT2D eigenvalue weighted by atomic mass is 16.5. The van der Waals surface area contributed by atoms with Gasteiger partial charge in [0.2, 0.25) is 0 Å². The summed E-state index contributed by atoms with van der Waals surface area (Å²) < 4.78 is 6.65. The van der Waals surface area contributed by atoms with Gasteiger partial charge in [0.25, 0.3) is 0 Å². The van der Waals surface area contributed by atoms with Crippen LogP contribution < -0.4 is 4.74 Å². The Morgan fingerprint density at radius 1 is 1.30 bits per heavy atom. The van der Waals surface area contributed by atoms with Gasteiger partial charge >= 0.3 is 0 Å². The fraction of sp³-hybridized carbons (Fsp3) is 0.429. The van der Waals surface area contributed by atoms with Crippen LogP contribution in [0.5, 0.6) is 5.75 Å². The van der Waals surface area contributed by atoms with Crippen molar-refractivity contribution in [3.8, 4) is 5.75 Å². The predicted molar refractivity (Wildman–Crippen MR) is 73.2 cm³/mol. The molecule has 0 fully saturated rings. The minimum Gasteiger partial charge on any atom is -0.497 e. The van der Waals surface area contributed by atoms with Gasteiger partial charge in [0.15, 0.2) is 0 Å². The number of hydrogen-bond acceptors (Lipinski definition) is 5. The first-order chi connectivity index (χ1) is 9.63. The third kappa shape index (κ3) is 3.34. The first-order valence-electron chi connectivity index (χ1n) is 6.54. The Morgan fingerprint density at radius 3 is 2.80 bits per heavy atom. The van der Waals surface area contributed by atoms with Gasteiger partial charge in [0.1, 0.15) is 11.4 Å². The van der Waals surface area contributed by atoms with Crippen LogP contribution in [0, 0.1) is 0 Å². The van der Waals surface area contributed by atoms with Gasteiger partial charge in [-0.3, -0.25) is 0 Å². The summed E-state index contributed by atoms with van der Waals surface area (Å²) in [5.41, 5.74) is 1.27. The molecule has 0 spiro atoms. The van der Waals surface area contributed by atoms with E-state index in [1.807, 2.05) is 25.1 Å². The van der Waals surface area contributed by atoms with Crippen LogP contribution in [0.4, 0.5) is 0 Å². The smallest absolute Gasteiger partial charge is 0.119 e. The van der Waals surface area contributed by atoms with Crippen LogP contribution >= 0.6 is 0 Å². The molecule has 2 rings (SSSR count). The molecule has 2 unspecified atom stereocenters. The van der Waals surface area contributed by atoms with E-state index >= 15 is 0 Å². The van der Waals surface area contributed by atoms with Crippen molar-refractivity contribution in [3.05, 3.63) is 41.7 Å². The average Bonchev–Trinajstić information content (AvgIpc) is 2.95. The van der Waals surface area contributed by atoms with Crippen LogP contribution in [0.3, 0.4) is 0 Å². The molecular formula is C14H19N3O3. The van der Waals surface area contributed by atoms with E-state index < -0.39 is 12.2 Å². The van der Waals surface area contributed by atoms with Crippen LogP contribution in [0.15, 0.2) is 30.5 Å². The molecular weight excluding hydrogens is 258 g/mol. The average molecular weight is 277 g/mol. The Morgan fingerprint density at radius 2 is 2.10 bits per heavy atom. The summed E-state index contributed by atoms with van der Waals surface area (Å²) in [6.45, 7) is 2.14. The number of benzene rings is 1. The van der Waals surface area contributed by atoms with Crippen molar-refractivity contribution in [1.29, 1.82) is 0 Å². The second-order valence-electron chi connectivity index (χ2n) is 4.58. The molecule has 2 aromatic rings. The summed E-state index contributed by atoms with van der Waals surface area (Å²) in [5, 5.41) is 27.7. The summed E-state index contributed by atoms with van der Waals surface area (Å²) in [4.78, 5) is 0. The van der Waals surface area contributed by atoms with Crippen LogP contribution in [0.1, 0.15) is 36.8 Å². The summed E-state index contributed by atoms with van der Waals surface area (Å²) in [6, 6.07) is 7.25. The molecule has 108 valence electrons. The normalized spacial score (nSPS) is 14.0. The number of aromatic nitrogens is 3. The van der Waals surface area contributed by atoms with E-state index in [1.165, 1.54) is 4.68 Å². The van der Waals surface area contributed by atoms with Crippen molar-refractivity contribution in [2.45, 2.75) is 32.1 Å². The van der Waals surface area contributed by atoms with Crippen LogP contribution in [-0.2, 0) is 6.54 Å². The molecule has 0 amide bonds. The number of hydrogen-bond donors (Lipinski definition) is 2. The molecule has 0 saturated carbocycles. The highest BCUT2D eigenvalue weighted by Crippen LogP contribution is 2.20. The van der Waals surface area contributed by atoms with E-state index in [9.17, 15) is 10.2 Å². The van der Waals surface area contributed by atoms with Crippen LogP contribution in [0.2, 0.25) is 0 Å². The minimum absolute atomic E-state index is 0.274. The third-order valence-corrected chi connectivity index (χ3v) is 3.12. The van der Waals surface area contributed by atoms with Gasteiger partial charge in [0, 0.05) is 0 Å². The molecule has 1 heterocycles. The number of methoxy groups -OCH3 is 1. The Bertz CT molecular complexity index is 556.